The van der Waals surface area contributed by atoms with E-state index in [1.807, 2.05) is 18.3 Å². The topological polar surface area (TPSA) is 34.2 Å². The van der Waals surface area contributed by atoms with Gasteiger partial charge in [-0.3, -0.25) is 0 Å². The first-order chi connectivity index (χ1) is 7.92. The van der Waals surface area contributed by atoms with Crippen LogP contribution >= 0.6 is 0 Å². The van der Waals surface area contributed by atoms with Gasteiger partial charge >= 0.3 is 0 Å². The van der Waals surface area contributed by atoms with Crippen molar-refractivity contribution < 1.29 is 9.47 Å². The molecule has 84 valence electrons. The van der Waals surface area contributed by atoms with E-state index in [0.717, 1.165) is 30.7 Å². The van der Waals surface area contributed by atoms with Gasteiger partial charge in [0.2, 0.25) is 0 Å². The largest absolute Gasteiger partial charge is 0.488 e. The Morgan fingerprint density at radius 2 is 2.31 bits per heavy atom. The second-order valence-corrected chi connectivity index (χ2v) is 4.18. The molecule has 1 aromatic carbocycles. The van der Waals surface area contributed by atoms with Crippen molar-refractivity contribution in [2.75, 3.05) is 13.2 Å². The fourth-order valence-electron chi connectivity index (χ4n) is 2.10. The monoisotopic (exact) mass is 217 g/mol. The Morgan fingerprint density at radius 3 is 3.19 bits per heavy atom. The molecule has 2 aromatic rings. The molecule has 1 saturated heterocycles. The number of hydrogen-bond donors (Lipinski definition) is 1. The summed E-state index contributed by atoms with van der Waals surface area (Å²) in [5.41, 5.74) is 1.15. The van der Waals surface area contributed by atoms with Crippen LogP contribution in [0.25, 0.3) is 10.9 Å². The van der Waals surface area contributed by atoms with Gasteiger partial charge in [-0.05, 0) is 37.1 Å². The number of nitrogens with one attached hydrogen (secondary N) is 1. The lowest BCUT2D eigenvalue weighted by atomic mass is 10.2. The maximum Gasteiger partial charge on any atom is 0.122 e. The summed E-state index contributed by atoms with van der Waals surface area (Å²) >= 11 is 0. The fraction of sp³-hybridized carbons (Fsp3) is 0.385. The third kappa shape index (κ3) is 1.91. The van der Waals surface area contributed by atoms with Crippen LogP contribution in [0, 0.1) is 0 Å². The Balaban J connectivity index is 1.77. The Morgan fingerprint density at radius 1 is 1.31 bits per heavy atom. The van der Waals surface area contributed by atoms with Crippen molar-refractivity contribution >= 4 is 10.9 Å². The highest BCUT2D eigenvalue weighted by molar-refractivity contribution is 5.80. The minimum absolute atomic E-state index is 0.213. The van der Waals surface area contributed by atoms with E-state index in [1.165, 1.54) is 5.39 Å². The number of H-pyrrole nitrogens is 1. The molecule has 16 heavy (non-hydrogen) atoms. The molecule has 0 bridgehead atoms. The Kier molecular flexibility index (Phi) is 2.54. The van der Waals surface area contributed by atoms with E-state index in [2.05, 4.69) is 17.1 Å². The molecule has 1 fully saturated rings. The molecule has 3 nitrogen and oxygen atoms in total. The molecule has 0 aliphatic carbocycles. The summed E-state index contributed by atoms with van der Waals surface area (Å²) in [5.74, 6) is 0.933. The predicted octanol–water partition coefficient (Wildman–Crippen LogP) is 2.73. The number of rotatable bonds is 2. The van der Waals surface area contributed by atoms with E-state index in [4.69, 9.17) is 9.47 Å². The van der Waals surface area contributed by atoms with Crippen LogP contribution in [-0.2, 0) is 4.74 Å². The molecule has 3 heteroatoms. The zero-order valence-electron chi connectivity index (χ0n) is 9.11. The smallest absolute Gasteiger partial charge is 0.122 e. The molecule has 3 rings (SSSR count). The van der Waals surface area contributed by atoms with Gasteiger partial charge in [-0.2, -0.15) is 0 Å². The average Bonchev–Trinajstić information content (AvgIpc) is 2.77. The molecule has 0 saturated carbocycles. The standard InChI is InChI=1S/C13H15NO2/c1-2-12(9-15-7-1)16-11-3-4-13-10(8-11)5-6-14-13/h3-6,8,12,14H,1-2,7,9H2. The first-order valence-corrected chi connectivity index (χ1v) is 5.73. The number of benzene rings is 1. The molecule has 0 amide bonds. The van der Waals surface area contributed by atoms with Crippen LogP contribution in [0.3, 0.4) is 0 Å². The first-order valence-electron chi connectivity index (χ1n) is 5.73. The van der Waals surface area contributed by atoms with Gasteiger partial charge in [0.25, 0.3) is 0 Å². The summed E-state index contributed by atoms with van der Waals surface area (Å²) in [6.07, 6.45) is 4.34. The van der Waals surface area contributed by atoms with Gasteiger partial charge in [0.15, 0.2) is 0 Å². The lowest BCUT2D eigenvalue weighted by Gasteiger charge is -2.23. The number of fused-ring (bicyclic) bond motifs is 1. The van der Waals surface area contributed by atoms with Crippen LogP contribution in [0.1, 0.15) is 12.8 Å². The van der Waals surface area contributed by atoms with Gasteiger partial charge in [0.05, 0.1) is 6.61 Å². The molecule has 1 N–H and O–H groups in total. The van der Waals surface area contributed by atoms with Crippen LogP contribution in [-0.4, -0.2) is 24.3 Å². The van der Waals surface area contributed by atoms with Gasteiger partial charge < -0.3 is 14.5 Å². The van der Waals surface area contributed by atoms with Gasteiger partial charge in [-0.15, -0.1) is 0 Å². The van der Waals surface area contributed by atoms with E-state index >= 15 is 0 Å². The SMILES string of the molecule is c1cc2cc(OC3CCCOC3)ccc2[nH]1. The molecular formula is C13H15NO2. The summed E-state index contributed by atoms with van der Waals surface area (Å²) in [5, 5.41) is 1.19. The van der Waals surface area contributed by atoms with Crippen LogP contribution in [0.4, 0.5) is 0 Å². The quantitative estimate of drug-likeness (QED) is 0.839. The van der Waals surface area contributed by atoms with Crippen molar-refractivity contribution in [3.8, 4) is 5.75 Å². The van der Waals surface area contributed by atoms with Crippen LogP contribution in [0.15, 0.2) is 30.5 Å². The number of aromatic amines is 1. The van der Waals surface area contributed by atoms with Gasteiger partial charge in [0.1, 0.15) is 11.9 Å². The van der Waals surface area contributed by atoms with Gasteiger partial charge in [-0.25, -0.2) is 0 Å². The van der Waals surface area contributed by atoms with Crippen molar-refractivity contribution in [1.82, 2.24) is 4.98 Å². The van der Waals surface area contributed by atoms with Crippen molar-refractivity contribution in [2.24, 2.45) is 0 Å². The number of ether oxygens (including phenoxy) is 2. The molecule has 1 aromatic heterocycles. The highest BCUT2D eigenvalue weighted by Crippen LogP contribution is 2.22. The molecule has 0 radical (unpaired) electrons. The lowest BCUT2D eigenvalue weighted by molar-refractivity contribution is 0.00749. The van der Waals surface area contributed by atoms with Crippen molar-refractivity contribution in [1.29, 1.82) is 0 Å². The zero-order valence-corrected chi connectivity index (χ0v) is 9.11. The van der Waals surface area contributed by atoms with Gasteiger partial charge in [0, 0.05) is 23.7 Å². The summed E-state index contributed by atoms with van der Waals surface area (Å²) in [6.45, 7) is 1.59. The van der Waals surface area contributed by atoms with E-state index in [1.54, 1.807) is 0 Å². The molecule has 0 spiro atoms. The van der Waals surface area contributed by atoms with Crippen molar-refractivity contribution in [3.63, 3.8) is 0 Å². The molecule has 1 aliphatic rings. The van der Waals surface area contributed by atoms with Gasteiger partial charge in [-0.1, -0.05) is 0 Å². The van der Waals surface area contributed by atoms with E-state index in [9.17, 15) is 0 Å². The Labute approximate surface area is 94.4 Å². The first kappa shape index (κ1) is 9.73. The summed E-state index contributed by atoms with van der Waals surface area (Å²) in [7, 11) is 0. The maximum absolute atomic E-state index is 5.89. The van der Waals surface area contributed by atoms with Crippen LogP contribution < -0.4 is 4.74 Å². The second kappa shape index (κ2) is 4.18. The third-order valence-corrected chi connectivity index (χ3v) is 2.95. The normalized spacial score (nSPS) is 21.1. The molecule has 2 heterocycles. The minimum atomic E-state index is 0.213. The third-order valence-electron chi connectivity index (χ3n) is 2.95. The molecule has 1 atom stereocenters. The summed E-state index contributed by atoms with van der Waals surface area (Å²) < 4.78 is 11.3. The van der Waals surface area contributed by atoms with Crippen LogP contribution in [0.5, 0.6) is 5.75 Å². The lowest BCUT2D eigenvalue weighted by Crippen LogP contribution is -2.27. The van der Waals surface area contributed by atoms with Crippen molar-refractivity contribution in [2.45, 2.75) is 18.9 Å². The minimum Gasteiger partial charge on any atom is -0.488 e. The van der Waals surface area contributed by atoms with E-state index in [0.29, 0.717) is 6.61 Å². The van der Waals surface area contributed by atoms with E-state index in [-0.39, 0.29) is 6.10 Å². The maximum atomic E-state index is 5.89. The van der Waals surface area contributed by atoms with Crippen LogP contribution in [0.2, 0.25) is 0 Å². The predicted molar refractivity (Wildman–Crippen MR) is 62.8 cm³/mol. The Hall–Kier alpha value is -1.48. The Bertz CT molecular complexity index is 471. The highest BCUT2D eigenvalue weighted by atomic mass is 16.5. The molecule has 1 unspecified atom stereocenters. The summed E-state index contributed by atoms with van der Waals surface area (Å²) in [6, 6.07) is 8.18. The number of hydrogen-bond acceptors (Lipinski definition) is 2. The molecule has 1 aliphatic heterocycles. The number of aromatic nitrogens is 1. The second-order valence-electron chi connectivity index (χ2n) is 4.18. The average molecular weight is 217 g/mol. The zero-order chi connectivity index (χ0) is 10.8. The fourth-order valence-corrected chi connectivity index (χ4v) is 2.10. The van der Waals surface area contributed by atoms with Crippen molar-refractivity contribution in [3.05, 3.63) is 30.5 Å². The summed E-state index contributed by atoms with van der Waals surface area (Å²) in [4.78, 5) is 3.17. The molecular weight excluding hydrogens is 202 g/mol. The van der Waals surface area contributed by atoms with E-state index < -0.39 is 0 Å². The highest BCUT2D eigenvalue weighted by Gasteiger charge is 2.15.